The number of aliphatic imine (C=N–C) groups is 1. The summed E-state index contributed by atoms with van der Waals surface area (Å²) in [5.74, 6) is -0.867. The van der Waals surface area contributed by atoms with Crippen molar-refractivity contribution in [1.29, 1.82) is 0 Å². The normalized spacial score (nSPS) is 16.8. The number of aryl methyl sites for hydroxylation is 1. The average molecular weight is 417 g/mol. The fourth-order valence-corrected chi connectivity index (χ4v) is 3.43. The Morgan fingerprint density at radius 2 is 1.90 bits per heavy atom. The van der Waals surface area contributed by atoms with E-state index in [1.165, 1.54) is 14.2 Å². The number of nitrogens with one attached hydrogen (secondary N) is 2. The van der Waals surface area contributed by atoms with Gasteiger partial charge in [0.1, 0.15) is 5.69 Å². The van der Waals surface area contributed by atoms with E-state index in [1.54, 1.807) is 30.5 Å². The lowest BCUT2D eigenvalue weighted by Crippen LogP contribution is -2.45. The number of carbonyl (C=O) groups excluding carboxylic acids is 1. The van der Waals surface area contributed by atoms with Crippen LogP contribution < -0.4 is 25.8 Å². The molecule has 4 rings (SSSR count). The molecule has 158 valence electrons. The number of fused-ring (bicyclic) bond motifs is 1. The number of hydrogen-bond acceptors (Lipinski definition) is 7. The summed E-state index contributed by atoms with van der Waals surface area (Å²) in [5, 5.41) is 6.11. The van der Waals surface area contributed by atoms with Gasteiger partial charge in [0.25, 0.3) is 5.91 Å². The molecule has 0 spiro atoms. The van der Waals surface area contributed by atoms with Crippen LogP contribution in [0.3, 0.4) is 0 Å². The van der Waals surface area contributed by atoms with Crippen molar-refractivity contribution in [3.05, 3.63) is 76.9 Å². The number of hydrogen-bond donors (Lipinski definition) is 3. The van der Waals surface area contributed by atoms with Crippen LogP contribution in [0.2, 0.25) is 0 Å². The predicted molar refractivity (Wildman–Crippen MR) is 120 cm³/mol. The van der Waals surface area contributed by atoms with Crippen LogP contribution in [0.5, 0.6) is 11.8 Å². The van der Waals surface area contributed by atoms with Crippen LogP contribution in [0.4, 0.5) is 11.4 Å². The second-order valence-electron chi connectivity index (χ2n) is 7.13. The SMILES string of the molecule is COc1ccc(NC(=O)c2ccc(C)c(C3(N)N=Cc4ccccc4N3)c2)c(OC)n1. The molecule has 3 aromatic rings. The molecule has 2 aromatic carbocycles. The van der Waals surface area contributed by atoms with Crippen LogP contribution in [0, 0.1) is 6.92 Å². The van der Waals surface area contributed by atoms with E-state index in [9.17, 15) is 4.79 Å². The standard InChI is InChI=1S/C23H23N5O3/c1-14-8-9-15(21(29)26-19-10-11-20(30-2)27-22(19)31-3)12-17(14)23(24)25-13-16-6-4-5-7-18(16)28-23/h4-13,28H,24H2,1-3H3,(H,26,29). The number of nitrogens with zero attached hydrogens (tertiary/aromatic N) is 2. The Balaban J connectivity index is 1.64. The number of amides is 1. The highest BCUT2D eigenvalue weighted by molar-refractivity contribution is 6.05. The third-order valence-electron chi connectivity index (χ3n) is 5.09. The monoisotopic (exact) mass is 417 g/mol. The largest absolute Gasteiger partial charge is 0.481 e. The minimum atomic E-state index is -1.19. The van der Waals surface area contributed by atoms with E-state index >= 15 is 0 Å². The zero-order valence-corrected chi connectivity index (χ0v) is 17.5. The Kier molecular flexibility index (Phi) is 5.31. The summed E-state index contributed by atoms with van der Waals surface area (Å²) in [6, 6.07) is 16.4. The van der Waals surface area contributed by atoms with E-state index < -0.39 is 5.79 Å². The van der Waals surface area contributed by atoms with Gasteiger partial charge in [0.2, 0.25) is 17.5 Å². The van der Waals surface area contributed by atoms with Crippen molar-refractivity contribution in [2.75, 3.05) is 24.9 Å². The van der Waals surface area contributed by atoms with Gasteiger partial charge in [-0.05, 0) is 36.8 Å². The molecule has 0 radical (unpaired) electrons. The molecule has 0 fully saturated rings. The predicted octanol–water partition coefficient (Wildman–Crippen LogP) is 3.27. The van der Waals surface area contributed by atoms with Gasteiger partial charge >= 0.3 is 0 Å². The summed E-state index contributed by atoms with van der Waals surface area (Å²) in [6.07, 6.45) is 1.74. The smallest absolute Gasteiger partial charge is 0.255 e. The first-order chi connectivity index (χ1) is 14.9. The van der Waals surface area contributed by atoms with Gasteiger partial charge in [0, 0.05) is 34.7 Å². The molecule has 8 heteroatoms. The fraction of sp³-hybridized carbons (Fsp3) is 0.174. The number of para-hydroxylation sites is 1. The second-order valence-corrected chi connectivity index (χ2v) is 7.13. The van der Waals surface area contributed by atoms with Crippen molar-refractivity contribution in [2.24, 2.45) is 10.7 Å². The maximum atomic E-state index is 13.0. The first-order valence-electron chi connectivity index (χ1n) is 9.66. The molecule has 4 N–H and O–H groups in total. The Morgan fingerprint density at radius 1 is 1.10 bits per heavy atom. The highest BCUT2D eigenvalue weighted by Gasteiger charge is 2.31. The molecule has 1 atom stereocenters. The van der Waals surface area contributed by atoms with Crippen molar-refractivity contribution in [2.45, 2.75) is 12.7 Å². The Morgan fingerprint density at radius 3 is 2.68 bits per heavy atom. The Bertz CT molecular complexity index is 1180. The zero-order chi connectivity index (χ0) is 22.0. The van der Waals surface area contributed by atoms with Gasteiger partial charge in [-0.2, -0.15) is 4.98 Å². The number of rotatable bonds is 5. The van der Waals surface area contributed by atoms with Gasteiger partial charge in [-0.1, -0.05) is 24.3 Å². The quantitative estimate of drug-likeness (QED) is 0.588. The lowest BCUT2D eigenvalue weighted by molar-refractivity contribution is 0.102. The summed E-state index contributed by atoms with van der Waals surface area (Å²) in [6.45, 7) is 1.93. The lowest BCUT2D eigenvalue weighted by atomic mass is 9.97. The van der Waals surface area contributed by atoms with Gasteiger partial charge in [0.05, 0.1) is 14.2 Å². The third kappa shape index (κ3) is 3.93. The number of ether oxygens (including phenoxy) is 2. The van der Waals surface area contributed by atoms with Crippen molar-refractivity contribution < 1.29 is 14.3 Å². The molecule has 31 heavy (non-hydrogen) atoms. The molecule has 0 bridgehead atoms. The molecular formula is C23H23N5O3. The molecule has 1 aliphatic heterocycles. The first kappa shape index (κ1) is 20.4. The van der Waals surface area contributed by atoms with E-state index in [2.05, 4.69) is 20.6 Å². The van der Waals surface area contributed by atoms with Crippen LogP contribution in [0.15, 0.2) is 59.6 Å². The van der Waals surface area contributed by atoms with Crippen LogP contribution in [-0.2, 0) is 5.79 Å². The van der Waals surface area contributed by atoms with Crippen LogP contribution in [-0.4, -0.2) is 31.3 Å². The van der Waals surface area contributed by atoms with Gasteiger partial charge in [-0.15, -0.1) is 0 Å². The molecule has 0 saturated heterocycles. The minimum Gasteiger partial charge on any atom is -0.481 e. The summed E-state index contributed by atoms with van der Waals surface area (Å²) < 4.78 is 10.4. The summed E-state index contributed by atoms with van der Waals surface area (Å²) >= 11 is 0. The topological polar surface area (TPSA) is 111 Å². The Labute approximate surface area is 180 Å². The molecule has 8 nitrogen and oxygen atoms in total. The van der Waals surface area contributed by atoms with Crippen molar-refractivity contribution in [3.63, 3.8) is 0 Å². The lowest BCUT2D eigenvalue weighted by Gasteiger charge is -2.33. The number of benzene rings is 2. The molecule has 0 aliphatic carbocycles. The van der Waals surface area contributed by atoms with Gasteiger partial charge in [-0.3, -0.25) is 10.5 Å². The number of anilines is 2. The van der Waals surface area contributed by atoms with Crippen molar-refractivity contribution >= 4 is 23.5 Å². The molecule has 0 saturated carbocycles. The van der Waals surface area contributed by atoms with E-state index in [0.717, 1.165) is 16.8 Å². The number of aromatic nitrogens is 1. The molecule has 1 aliphatic rings. The maximum Gasteiger partial charge on any atom is 0.255 e. The highest BCUT2D eigenvalue weighted by Crippen LogP contribution is 2.32. The number of carbonyl (C=O) groups is 1. The van der Waals surface area contributed by atoms with Crippen molar-refractivity contribution in [3.8, 4) is 11.8 Å². The third-order valence-corrected chi connectivity index (χ3v) is 5.09. The molecule has 2 heterocycles. The number of nitrogens with two attached hydrogens (primary N) is 1. The summed E-state index contributed by atoms with van der Waals surface area (Å²) in [7, 11) is 2.99. The first-order valence-corrected chi connectivity index (χ1v) is 9.66. The van der Waals surface area contributed by atoms with Crippen LogP contribution in [0.1, 0.15) is 27.0 Å². The maximum absolute atomic E-state index is 13.0. The highest BCUT2D eigenvalue weighted by atomic mass is 16.5. The van der Waals surface area contributed by atoms with Crippen LogP contribution >= 0.6 is 0 Å². The average Bonchev–Trinajstić information content (AvgIpc) is 2.79. The molecule has 1 amide bonds. The Hall–Kier alpha value is -3.91. The molecule has 1 unspecified atom stereocenters. The number of pyridine rings is 1. The second kappa shape index (κ2) is 8.08. The van der Waals surface area contributed by atoms with E-state index in [4.69, 9.17) is 15.2 Å². The van der Waals surface area contributed by atoms with Gasteiger partial charge < -0.3 is 20.1 Å². The van der Waals surface area contributed by atoms with Gasteiger partial charge in [0.15, 0.2) is 0 Å². The fourth-order valence-electron chi connectivity index (χ4n) is 3.43. The van der Waals surface area contributed by atoms with Crippen molar-refractivity contribution in [1.82, 2.24) is 4.98 Å². The van der Waals surface area contributed by atoms with Gasteiger partial charge in [-0.25, -0.2) is 4.99 Å². The van der Waals surface area contributed by atoms with E-state index in [-0.39, 0.29) is 11.8 Å². The molecular weight excluding hydrogens is 394 g/mol. The molecule has 1 aromatic heterocycles. The van der Waals surface area contributed by atoms with E-state index in [1.807, 2.05) is 37.3 Å². The van der Waals surface area contributed by atoms with E-state index in [0.29, 0.717) is 22.7 Å². The number of methoxy groups -OCH3 is 2. The summed E-state index contributed by atoms with van der Waals surface area (Å²) in [5.41, 5.74) is 10.9. The van der Waals surface area contributed by atoms with Crippen LogP contribution in [0.25, 0.3) is 0 Å². The minimum absolute atomic E-state index is 0.255. The zero-order valence-electron chi connectivity index (χ0n) is 17.5. The summed E-state index contributed by atoms with van der Waals surface area (Å²) in [4.78, 5) is 21.7.